The maximum absolute atomic E-state index is 12.1. The Balaban J connectivity index is 1.91. The summed E-state index contributed by atoms with van der Waals surface area (Å²) in [5.41, 5.74) is 5.47. The molecule has 2 aromatic rings. The van der Waals surface area contributed by atoms with Crippen molar-refractivity contribution in [3.05, 3.63) is 51.9 Å². The van der Waals surface area contributed by atoms with Gasteiger partial charge in [0.05, 0.1) is 24.7 Å². The van der Waals surface area contributed by atoms with Crippen molar-refractivity contribution in [2.75, 3.05) is 14.2 Å². The van der Waals surface area contributed by atoms with E-state index in [0.717, 1.165) is 35.7 Å². The minimum atomic E-state index is -0.391. The number of hydrogen-bond acceptors (Lipinski definition) is 5. The number of fused-ring (bicyclic) bond motifs is 1. The van der Waals surface area contributed by atoms with Crippen LogP contribution in [0.1, 0.15) is 57.2 Å². The number of thioether (sulfide) groups is 1. The van der Waals surface area contributed by atoms with Crippen LogP contribution in [0.15, 0.2) is 35.2 Å². The molecule has 2 aromatic carbocycles. The van der Waals surface area contributed by atoms with Gasteiger partial charge in [-0.05, 0) is 70.3 Å². The quantitative estimate of drug-likeness (QED) is 0.574. The maximum Gasteiger partial charge on any atom is 0.290 e. The second-order valence-electron chi connectivity index (χ2n) is 9.65. The van der Waals surface area contributed by atoms with Gasteiger partial charge in [-0.1, -0.05) is 45.9 Å². The molecule has 1 saturated heterocycles. The first kappa shape index (κ1) is 22.5. The Morgan fingerprint density at radius 2 is 1.62 bits per heavy atom. The van der Waals surface area contributed by atoms with Gasteiger partial charge in [0, 0.05) is 5.56 Å². The van der Waals surface area contributed by atoms with Crippen molar-refractivity contribution < 1.29 is 19.1 Å². The van der Waals surface area contributed by atoms with Gasteiger partial charge < -0.3 is 9.47 Å². The molecule has 6 heteroatoms. The second kappa shape index (κ2) is 8.00. The maximum atomic E-state index is 12.1. The molecule has 0 atom stereocenters. The van der Waals surface area contributed by atoms with Crippen molar-refractivity contribution in [2.24, 2.45) is 0 Å². The van der Waals surface area contributed by atoms with Crippen LogP contribution in [0.2, 0.25) is 0 Å². The molecule has 0 unspecified atom stereocenters. The average molecular weight is 452 g/mol. The van der Waals surface area contributed by atoms with Crippen molar-refractivity contribution in [1.29, 1.82) is 0 Å². The smallest absolute Gasteiger partial charge is 0.290 e. The fraction of sp³-hybridized carbons (Fsp3) is 0.385. The van der Waals surface area contributed by atoms with Crippen LogP contribution in [0.5, 0.6) is 11.5 Å². The molecule has 0 aromatic heterocycles. The van der Waals surface area contributed by atoms with Crippen LogP contribution >= 0.6 is 11.8 Å². The number of nitrogens with one attached hydrogen (secondary N) is 1. The zero-order valence-electron chi connectivity index (χ0n) is 19.4. The minimum absolute atomic E-state index is 0.0693. The Labute approximate surface area is 193 Å². The number of carbonyl (C=O) groups excluding carboxylic acids is 2. The number of imide groups is 1. The average Bonchev–Trinajstić information content (AvgIpc) is 3.07. The van der Waals surface area contributed by atoms with E-state index < -0.39 is 5.91 Å². The van der Waals surface area contributed by atoms with Gasteiger partial charge in [0.25, 0.3) is 11.1 Å². The lowest BCUT2D eigenvalue weighted by Gasteiger charge is -2.42. The fourth-order valence-corrected chi connectivity index (χ4v) is 5.34. The van der Waals surface area contributed by atoms with E-state index in [-0.39, 0.29) is 16.1 Å². The summed E-state index contributed by atoms with van der Waals surface area (Å²) in [7, 11) is 3.25. The lowest BCUT2D eigenvalue weighted by molar-refractivity contribution is -0.115. The molecule has 168 valence electrons. The van der Waals surface area contributed by atoms with Gasteiger partial charge >= 0.3 is 0 Å². The van der Waals surface area contributed by atoms with E-state index in [1.54, 1.807) is 20.3 Å². The van der Waals surface area contributed by atoms with Crippen LogP contribution in [-0.4, -0.2) is 25.4 Å². The molecule has 0 saturated carbocycles. The Morgan fingerprint density at radius 3 is 2.22 bits per heavy atom. The van der Waals surface area contributed by atoms with E-state index in [9.17, 15) is 9.59 Å². The van der Waals surface area contributed by atoms with E-state index >= 15 is 0 Å². The van der Waals surface area contributed by atoms with Gasteiger partial charge in [-0.3, -0.25) is 14.9 Å². The topological polar surface area (TPSA) is 64.6 Å². The minimum Gasteiger partial charge on any atom is -0.496 e. The third-order valence-electron chi connectivity index (χ3n) is 6.64. The summed E-state index contributed by atoms with van der Waals surface area (Å²) in [6, 6.07) is 10.3. The van der Waals surface area contributed by atoms with E-state index in [2.05, 4.69) is 51.2 Å². The largest absolute Gasteiger partial charge is 0.496 e. The van der Waals surface area contributed by atoms with Crippen molar-refractivity contribution in [3.8, 4) is 22.6 Å². The van der Waals surface area contributed by atoms with E-state index in [4.69, 9.17) is 9.47 Å². The molecule has 2 amide bonds. The molecular formula is C26H29NO4S. The standard InChI is InChI=1S/C26H29NO4S/c1-25(2)11-12-26(3,4)18-13-15(7-9-17(18)25)21-19(30-5)10-8-16(22(21)31-6)14-20-23(28)27-24(29)32-20/h7-10,13-14H,11-12H2,1-6H3,(H,27,28,29). The first-order chi connectivity index (χ1) is 15.1. The zero-order valence-corrected chi connectivity index (χ0v) is 20.2. The van der Waals surface area contributed by atoms with Crippen LogP contribution in [-0.2, 0) is 15.6 Å². The molecule has 1 aliphatic heterocycles. The molecule has 1 N–H and O–H groups in total. The fourth-order valence-electron chi connectivity index (χ4n) is 4.66. The van der Waals surface area contributed by atoms with Crippen LogP contribution in [0.4, 0.5) is 4.79 Å². The van der Waals surface area contributed by atoms with Gasteiger partial charge in [-0.25, -0.2) is 0 Å². The molecule has 0 bridgehead atoms. The van der Waals surface area contributed by atoms with Gasteiger partial charge in [0.1, 0.15) is 11.5 Å². The summed E-state index contributed by atoms with van der Waals surface area (Å²) >= 11 is 0.892. The van der Waals surface area contributed by atoms with E-state index in [1.807, 2.05) is 12.1 Å². The highest BCUT2D eigenvalue weighted by Crippen LogP contribution is 2.49. The second-order valence-corrected chi connectivity index (χ2v) is 10.7. The molecule has 2 aliphatic rings. The highest BCUT2D eigenvalue weighted by atomic mass is 32.2. The van der Waals surface area contributed by atoms with Crippen molar-refractivity contribution in [1.82, 2.24) is 5.32 Å². The first-order valence-corrected chi connectivity index (χ1v) is 11.5. The van der Waals surface area contributed by atoms with Crippen LogP contribution in [0.25, 0.3) is 17.2 Å². The predicted octanol–water partition coefficient (Wildman–Crippen LogP) is 6.04. The number of benzene rings is 2. The number of amides is 2. The molecule has 4 rings (SSSR count). The summed E-state index contributed by atoms with van der Waals surface area (Å²) in [5.74, 6) is 0.908. The Hall–Kier alpha value is -2.73. The monoisotopic (exact) mass is 451 g/mol. The molecule has 1 heterocycles. The Bertz CT molecular complexity index is 1150. The highest BCUT2D eigenvalue weighted by molar-refractivity contribution is 8.18. The van der Waals surface area contributed by atoms with Gasteiger partial charge in [0.15, 0.2) is 0 Å². The third kappa shape index (κ3) is 3.81. The van der Waals surface area contributed by atoms with E-state index in [1.165, 1.54) is 11.1 Å². The van der Waals surface area contributed by atoms with Crippen molar-refractivity contribution in [2.45, 2.75) is 51.4 Å². The summed E-state index contributed by atoms with van der Waals surface area (Å²) in [6.45, 7) is 9.21. The SMILES string of the molecule is COc1ccc(C=C2SC(=O)NC2=O)c(OC)c1-c1ccc2c(c1)C(C)(C)CCC2(C)C. The molecule has 0 radical (unpaired) electrons. The number of rotatable bonds is 4. The van der Waals surface area contributed by atoms with Crippen molar-refractivity contribution in [3.63, 3.8) is 0 Å². The number of hydrogen-bond donors (Lipinski definition) is 1. The molecular weight excluding hydrogens is 422 g/mol. The zero-order chi connectivity index (χ0) is 23.3. The number of methoxy groups -OCH3 is 2. The molecule has 1 fully saturated rings. The van der Waals surface area contributed by atoms with E-state index in [0.29, 0.717) is 22.0 Å². The van der Waals surface area contributed by atoms with Crippen LogP contribution in [0, 0.1) is 0 Å². The van der Waals surface area contributed by atoms with Gasteiger partial charge in [-0.15, -0.1) is 0 Å². The lowest BCUT2D eigenvalue weighted by Crippen LogP contribution is -2.33. The van der Waals surface area contributed by atoms with Crippen molar-refractivity contribution >= 4 is 29.0 Å². The van der Waals surface area contributed by atoms with Crippen LogP contribution < -0.4 is 14.8 Å². The summed E-state index contributed by atoms with van der Waals surface area (Å²) in [4.78, 5) is 24.0. The third-order valence-corrected chi connectivity index (χ3v) is 7.45. The van der Waals surface area contributed by atoms with Crippen LogP contribution in [0.3, 0.4) is 0 Å². The summed E-state index contributed by atoms with van der Waals surface area (Å²) in [5, 5.41) is 1.93. The molecule has 32 heavy (non-hydrogen) atoms. The summed E-state index contributed by atoms with van der Waals surface area (Å²) < 4.78 is 11.5. The normalized spacial score (nSPS) is 20.1. The molecule has 5 nitrogen and oxygen atoms in total. The predicted molar refractivity (Wildman–Crippen MR) is 129 cm³/mol. The number of carbonyl (C=O) groups is 2. The Morgan fingerprint density at radius 1 is 0.938 bits per heavy atom. The lowest BCUT2D eigenvalue weighted by atomic mass is 9.63. The van der Waals surface area contributed by atoms with Gasteiger partial charge in [0.2, 0.25) is 0 Å². The molecule has 1 aliphatic carbocycles. The molecule has 0 spiro atoms. The summed E-state index contributed by atoms with van der Waals surface area (Å²) in [6.07, 6.45) is 3.97. The van der Waals surface area contributed by atoms with Gasteiger partial charge in [-0.2, -0.15) is 0 Å². The first-order valence-electron chi connectivity index (χ1n) is 10.7. The highest BCUT2D eigenvalue weighted by Gasteiger charge is 2.37. The Kier molecular flexibility index (Phi) is 5.61. The number of ether oxygens (including phenoxy) is 2.